The average Bonchev–Trinajstić information content (AvgIpc) is 2.83. The van der Waals surface area contributed by atoms with E-state index in [4.69, 9.17) is 0 Å². The summed E-state index contributed by atoms with van der Waals surface area (Å²) in [4.78, 5) is 28.2. The first-order valence-electron chi connectivity index (χ1n) is 12.4. The van der Waals surface area contributed by atoms with Crippen molar-refractivity contribution in [3.63, 3.8) is 0 Å². The molecule has 1 fully saturated rings. The Hall–Kier alpha value is -2.94. The van der Waals surface area contributed by atoms with Crippen molar-refractivity contribution >= 4 is 27.5 Å². The molecule has 0 aliphatic heterocycles. The molecule has 1 aliphatic carbocycles. The molecule has 1 aliphatic rings. The molecule has 3 rings (SSSR count). The first kappa shape index (κ1) is 27.6. The largest absolute Gasteiger partial charge is 0.352 e. The topological polar surface area (TPSA) is 86.8 Å². The van der Waals surface area contributed by atoms with E-state index in [2.05, 4.69) is 5.32 Å². The summed E-state index contributed by atoms with van der Waals surface area (Å²) in [6, 6.07) is 10.2. The Kier molecular flexibility index (Phi) is 9.11. The van der Waals surface area contributed by atoms with Gasteiger partial charge in [-0.3, -0.25) is 13.9 Å². The Morgan fingerprint density at radius 3 is 2.31 bits per heavy atom. The molecule has 0 aromatic heterocycles. The monoisotopic (exact) mass is 517 g/mol. The third-order valence-corrected chi connectivity index (χ3v) is 8.04. The first-order chi connectivity index (χ1) is 17.0. The molecule has 1 atom stereocenters. The van der Waals surface area contributed by atoms with E-state index in [1.807, 2.05) is 19.9 Å². The molecule has 0 bridgehead atoms. The standard InChI is InChI=1S/C27H36FN3O4S/c1-19-9-8-12-25(20(19)2)31(36(4,34)35)18-26(32)30(17-22-13-15-23(28)16-14-22)21(3)27(33)29-24-10-6-5-7-11-24/h8-9,12-16,21,24H,5-7,10-11,17-18H2,1-4H3,(H,29,33)/t21-/m1/s1. The lowest BCUT2D eigenvalue weighted by Gasteiger charge is -2.33. The highest BCUT2D eigenvalue weighted by Gasteiger charge is 2.31. The van der Waals surface area contributed by atoms with Gasteiger partial charge in [-0.2, -0.15) is 0 Å². The minimum atomic E-state index is -3.80. The number of halogens is 1. The molecule has 0 spiro atoms. The van der Waals surface area contributed by atoms with Crippen LogP contribution in [-0.4, -0.2) is 50.0 Å². The zero-order valence-electron chi connectivity index (χ0n) is 21.5. The molecule has 0 radical (unpaired) electrons. The third-order valence-electron chi connectivity index (χ3n) is 6.91. The number of carbonyl (C=O) groups excluding carboxylic acids is 2. The molecule has 7 nitrogen and oxygen atoms in total. The average molecular weight is 518 g/mol. The van der Waals surface area contributed by atoms with E-state index in [1.165, 1.54) is 17.0 Å². The molecule has 9 heteroatoms. The number of sulfonamides is 1. The van der Waals surface area contributed by atoms with Crippen LogP contribution in [0.5, 0.6) is 0 Å². The van der Waals surface area contributed by atoms with Crippen LogP contribution in [0.15, 0.2) is 42.5 Å². The number of nitrogens with one attached hydrogen (secondary N) is 1. The van der Waals surface area contributed by atoms with Crippen molar-refractivity contribution in [3.05, 3.63) is 65.0 Å². The van der Waals surface area contributed by atoms with E-state index in [0.717, 1.165) is 53.8 Å². The van der Waals surface area contributed by atoms with Gasteiger partial charge in [-0.05, 0) is 68.5 Å². The molecule has 2 aromatic rings. The molecular weight excluding hydrogens is 481 g/mol. The van der Waals surface area contributed by atoms with Gasteiger partial charge in [-0.1, -0.05) is 43.5 Å². The summed E-state index contributed by atoms with van der Waals surface area (Å²) in [6.45, 7) is 4.92. The fraction of sp³-hybridized carbons (Fsp3) is 0.481. The normalized spacial score (nSPS) is 15.2. The van der Waals surface area contributed by atoms with Crippen molar-refractivity contribution in [3.8, 4) is 0 Å². The highest BCUT2D eigenvalue weighted by atomic mass is 32.2. The van der Waals surface area contributed by atoms with Gasteiger partial charge in [0.25, 0.3) is 0 Å². The summed E-state index contributed by atoms with van der Waals surface area (Å²) in [5, 5.41) is 3.06. The molecule has 0 saturated heterocycles. The number of amides is 2. The van der Waals surface area contributed by atoms with Crippen LogP contribution in [-0.2, 0) is 26.2 Å². The smallest absolute Gasteiger partial charge is 0.244 e. The Bertz CT molecular complexity index is 1180. The van der Waals surface area contributed by atoms with Crippen molar-refractivity contribution in [2.75, 3.05) is 17.1 Å². The van der Waals surface area contributed by atoms with Gasteiger partial charge in [0, 0.05) is 12.6 Å². The van der Waals surface area contributed by atoms with Gasteiger partial charge >= 0.3 is 0 Å². The van der Waals surface area contributed by atoms with Gasteiger partial charge in [0.05, 0.1) is 11.9 Å². The summed E-state index contributed by atoms with van der Waals surface area (Å²) in [5.41, 5.74) is 2.72. The van der Waals surface area contributed by atoms with Gasteiger partial charge in [0.1, 0.15) is 18.4 Å². The van der Waals surface area contributed by atoms with Gasteiger partial charge in [-0.15, -0.1) is 0 Å². The lowest BCUT2D eigenvalue weighted by atomic mass is 9.95. The molecule has 2 aromatic carbocycles. The second-order valence-corrected chi connectivity index (χ2v) is 11.6. The van der Waals surface area contributed by atoms with E-state index in [0.29, 0.717) is 11.3 Å². The Morgan fingerprint density at radius 1 is 1.06 bits per heavy atom. The Labute approximate surface area is 213 Å². The molecule has 196 valence electrons. The molecule has 2 amide bonds. The van der Waals surface area contributed by atoms with Crippen LogP contribution in [0, 0.1) is 19.7 Å². The van der Waals surface area contributed by atoms with Crippen molar-refractivity contribution in [1.29, 1.82) is 0 Å². The van der Waals surface area contributed by atoms with Gasteiger partial charge in [0.2, 0.25) is 21.8 Å². The Balaban J connectivity index is 1.89. The highest BCUT2D eigenvalue weighted by Crippen LogP contribution is 2.25. The zero-order chi connectivity index (χ0) is 26.5. The predicted molar refractivity (Wildman–Crippen MR) is 140 cm³/mol. The maximum Gasteiger partial charge on any atom is 0.244 e. The lowest BCUT2D eigenvalue weighted by Crippen LogP contribution is -2.53. The first-order valence-corrected chi connectivity index (χ1v) is 14.2. The minimum absolute atomic E-state index is 0.0444. The van der Waals surface area contributed by atoms with E-state index < -0.39 is 34.3 Å². The number of nitrogens with zero attached hydrogens (tertiary/aromatic N) is 2. The van der Waals surface area contributed by atoms with E-state index in [9.17, 15) is 22.4 Å². The minimum Gasteiger partial charge on any atom is -0.352 e. The highest BCUT2D eigenvalue weighted by molar-refractivity contribution is 7.92. The predicted octanol–water partition coefficient (Wildman–Crippen LogP) is 4.07. The second-order valence-electron chi connectivity index (χ2n) is 9.66. The van der Waals surface area contributed by atoms with Crippen LogP contribution < -0.4 is 9.62 Å². The summed E-state index contributed by atoms with van der Waals surface area (Å²) >= 11 is 0. The molecule has 1 saturated carbocycles. The van der Waals surface area contributed by atoms with Crippen molar-refractivity contribution in [2.45, 2.75) is 71.5 Å². The van der Waals surface area contributed by atoms with Crippen LogP contribution in [0.1, 0.15) is 55.7 Å². The molecule has 1 N–H and O–H groups in total. The number of hydrogen-bond acceptors (Lipinski definition) is 4. The fourth-order valence-corrected chi connectivity index (χ4v) is 5.44. The third kappa shape index (κ3) is 7.06. The summed E-state index contributed by atoms with van der Waals surface area (Å²) in [7, 11) is -3.80. The number of aryl methyl sites for hydroxylation is 1. The van der Waals surface area contributed by atoms with E-state index in [-0.39, 0.29) is 18.5 Å². The molecule has 36 heavy (non-hydrogen) atoms. The molecule has 0 unspecified atom stereocenters. The summed E-state index contributed by atoms with van der Waals surface area (Å²) < 4.78 is 40.1. The van der Waals surface area contributed by atoms with Gasteiger partial charge in [0.15, 0.2) is 0 Å². The summed E-state index contributed by atoms with van der Waals surface area (Å²) in [5.74, 6) is -1.20. The number of anilines is 1. The Morgan fingerprint density at radius 2 is 1.69 bits per heavy atom. The number of carbonyl (C=O) groups is 2. The number of benzene rings is 2. The number of rotatable bonds is 9. The van der Waals surface area contributed by atoms with Crippen LogP contribution in [0.3, 0.4) is 0 Å². The lowest BCUT2D eigenvalue weighted by molar-refractivity contribution is -0.139. The fourth-order valence-electron chi connectivity index (χ4n) is 4.54. The van der Waals surface area contributed by atoms with Crippen molar-refractivity contribution in [2.24, 2.45) is 0 Å². The van der Waals surface area contributed by atoms with Crippen molar-refractivity contribution in [1.82, 2.24) is 10.2 Å². The SMILES string of the molecule is Cc1cccc(N(CC(=O)N(Cc2ccc(F)cc2)[C@H](C)C(=O)NC2CCCCC2)S(C)(=O)=O)c1C. The number of hydrogen-bond donors (Lipinski definition) is 1. The van der Waals surface area contributed by atoms with E-state index in [1.54, 1.807) is 31.2 Å². The summed E-state index contributed by atoms with van der Waals surface area (Å²) in [6.07, 6.45) is 6.12. The van der Waals surface area contributed by atoms with E-state index >= 15 is 0 Å². The van der Waals surface area contributed by atoms with Crippen molar-refractivity contribution < 1.29 is 22.4 Å². The van der Waals surface area contributed by atoms with Crippen LogP contribution >= 0.6 is 0 Å². The maximum atomic E-state index is 13.6. The molecule has 0 heterocycles. The van der Waals surface area contributed by atoms with Crippen LogP contribution in [0.2, 0.25) is 0 Å². The van der Waals surface area contributed by atoms with Gasteiger partial charge < -0.3 is 10.2 Å². The quantitative estimate of drug-likeness (QED) is 0.543. The van der Waals surface area contributed by atoms with Crippen LogP contribution in [0.4, 0.5) is 10.1 Å². The zero-order valence-corrected chi connectivity index (χ0v) is 22.3. The second kappa shape index (κ2) is 11.9. The van der Waals surface area contributed by atoms with Gasteiger partial charge in [-0.25, -0.2) is 12.8 Å². The molecular formula is C27H36FN3O4S. The maximum absolute atomic E-state index is 13.6. The van der Waals surface area contributed by atoms with Crippen LogP contribution in [0.25, 0.3) is 0 Å².